The van der Waals surface area contributed by atoms with Gasteiger partial charge >= 0.3 is 0 Å². The van der Waals surface area contributed by atoms with Gasteiger partial charge in [0.25, 0.3) is 0 Å². The first-order chi connectivity index (χ1) is 15.7. The number of nitrogens with zero attached hydrogens (tertiary/aromatic N) is 4. The highest BCUT2D eigenvalue weighted by atomic mass is 32.1. The second kappa shape index (κ2) is 8.72. The third-order valence-electron chi connectivity index (χ3n) is 6.75. The van der Waals surface area contributed by atoms with E-state index in [9.17, 15) is 4.39 Å². The van der Waals surface area contributed by atoms with Crippen LogP contribution in [0.2, 0.25) is 0 Å². The van der Waals surface area contributed by atoms with Crippen LogP contribution < -0.4 is 10.2 Å². The van der Waals surface area contributed by atoms with Crippen molar-refractivity contribution in [3.63, 3.8) is 0 Å². The molecule has 2 aliphatic heterocycles. The molecule has 1 fully saturated rings. The fourth-order valence-corrected chi connectivity index (χ4v) is 5.15. The van der Waals surface area contributed by atoms with Crippen molar-refractivity contribution in [3.8, 4) is 28.3 Å². The number of hydrogen-bond acceptors (Lipinski definition) is 3. The molecule has 4 heterocycles. The van der Waals surface area contributed by atoms with Crippen LogP contribution in [-0.4, -0.2) is 40.8 Å². The molecule has 0 bridgehead atoms. The van der Waals surface area contributed by atoms with Crippen molar-refractivity contribution >= 4 is 19.2 Å². The van der Waals surface area contributed by atoms with Gasteiger partial charge in [-0.1, -0.05) is 12.1 Å². The first-order valence-electron chi connectivity index (χ1n) is 11.2. The Bertz CT molecular complexity index is 1280. The van der Waals surface area contributed by atoms with E-state index in [1.807, 2.05) is 31.6 Å². The van der Waals surface area contributed by atoms with Crippen LogP contribution in [0.3, 0.4) is 0 Å². The molecule has 2 aliphatic rings. The average molecular weight is 462 g/mol. The van der Waals surface area contributed by atoms with Crippen LogP contribution in [0.5, 0.6) is 0 Å². The number of fused-ring (bicyclic) bond motifs is 5. The summed E-state index contributed by atoms with van der Waals surface area (Å²) >= 11 is 0. The number of hydrogen-bond donors (Lipinski definition) is 1. The lowest BCUT2D eigenvalue weighted by atomic mass is 10.1. The highest BCUT2D eigenvalue weighted by Gasteiger charge is 2.25. The third-order valence-corrected chi connectivity index (χ3v) is 6.75. The van der Waals surface area contributed by atoms with Crippen molar-refractivity contribution in [3.05, 3.63) is 78.5 Å². The molecule has 0 saturated carbocycles. The van der Waals surface area contributed by atoms with Crippen molar-refractivity contribution in [1.29, 1.82) is 0 Å². The summed E-state index contributed by atoms with van der Waals surface area (Å²) in [5.41, 5.74) is 6.90. The summed E-state index contributed by atoms with van der Waals surface area (Å²) in [5, 5.41) is 3.32. The summed E-state index contributed by atoms with van der Waals surface area (Å²) in [7, 11) is 2.03. The molecular formula is C26H28FN5S. The van der Waals surface area contributed by atoms with E-state index in [1.54, 1.807) is 0 Å². The van der Waals surface area contributed by atoms with Gasteiger partial charge in [0.15, 0.2) is 5.82 Å². The molecule has 5 nitrogen and oxygen atoms in total. The van der Waals surface area contributed by atoms with Gasteiger partial charge in [-0.25, -0.2) is 9.37 Å². The Hall–Kier alpha value is -3.03. The van der Waals surface area contributed by atoms with E-state index in [2.05, 4.69) is 54.8 Å². The van der Waals surface area contributed by atoms with E-state index in [4.69, 9.17) is 0 Å². The normalized spacial score (nSPS) is 16.5. The number of anilines is 1. The first-order valence-corrected chi connectivity index (χ1v) is 11.2. The Kier molecular flexibility index (Phi) is 5.76. The molecule has 0 unspecified atom stereocenters. The smallest absolute Gasteiger partial charge is 0.161 e. The standard InChI is InChI=1S/C26H26FN5.H2S/c1-28-14-18-8-10-30(15-18)23-6-7-24-21(12-23)17-31-16-20(19-2-4-22(27)5-3-19)13-25(31)26-29-9-11-32(24)26;/h2-7,9,11-13,16,18,28H,8,10,14-15,17H2,1H3;1H2/t18-;/m0./s1. The second-order valence-corrected chi connectivity index (χ2v) is 8.84. The summed E-state index contributed by atoms with van der Waals surface area (Å²) in [5.74, 6) is 1.42. The van der Waals surface area contributed by atoms with E-state index in [0.29, 0.717) is 5.92 Å². The summed E-state index contributed by atoms with van der Waals surface area (Å²) < 4.78 is 17.9. The summed E-state index contributed by atoms with van der Waals surface area (Å²) in [6, 6.07) is 15.7. The van der Waals surface area contributed by atoms with Gasteiger partial charge in [0.2, 0.25) is 0 Å². The fourth-order valence-electron chi connectivity index (χ4n) is 5.15. The molecule has 6 rings (SSSR count). The lowest BCUT2D eigenvalue weighted by molar-refractivity contribution is 0.549. The Labute approximate surface area is 200 Å². The minimum Gasteiger partial charge on any atom is -0.371 e. The highest BCUT2D eigenvalue weighted by molar-refractivity contribution is 7.59. The second-order valence-electron chi connectivity index (χ2n) is 8.84. The van der Waals surface area contributed by atoms with Crippen LogP contribution in [0.15, 0.2) is 67.1 Å². The van der Waals surface area contributed by atoms with Gasteiger partial charge in [-0.2, -0.15) is 13.5 Å². The predicted octanol–water partition coefficient (Wildman–Crippen LogP) is 4.67. The molecule has 0 amide bonds. The topological polar surface area (TPSA) is 38.0 Å². The average Bonchev–Trinajstić information content (AvgIpc) is 3.53. The molecular weight excluding hydrogens is 433 g/mol. The zero-order chi connectivity index (χ0) is 21.7. The van der Waals surface area contributed by atoms with E-state index < -0.39 is 0 Å². The molecule has 0 aliphatic carbocycles. The number of rotatable bonds is 4. The number of nitrogens with one attached hydrogen (secondary N) is 1. The minimum atomic E-state index is -0.217. The van der Waals surface area contributed by atoms with Crippen molar-refractivity contribution in [1.82, 2.24) is 19.4 Å². The van der Waals surface area contributed by atoms with Crippen LogP contribution in [0.4, 0.5) is 10.1 Å². The van der Waals surface area contributed by atoms with Crippen molar-refractivity contribution in [2.45, 2.75) is 13.0 Å². The molecule has 170 valence electrons. The largest absolute Gasteiger partial charge is 0.371 e. The lowest BCUT2D eigenvalue weighted by Gasteiger charge is -2.21. The van der Waals surface area contributed by atoms with Crippen LogP contribution >= 0.6 is 13.5 Å². The Morgan fingerprint density at radius 3 is 2.76 bits per heavy atom. The molecule has 0 spiro atoms. The zero-order valence-electron chi connectivity index (χ0n) is 18.6. The third kappa shape index (κ3) is 3.85. The number of benzene rings is 2. The molecule has 33 heavy (non-hydrogen) atoms. The lowest BCUT2D eigenvalue weighted by Crippen LogP contribution is -2.24. The summed E-state index contributed by atoms with van der Waals surface area (Å²) in [6.45, 7) is 4.04. The molecule has 2 aromatic heterocycles. The molecule has 1 atom stereocenters. The van der Waals surface area contributed by atoms with Crippen LogP contribution in [0.1, 0.15) is 12.0 Å². The van der Waals surface area contributed by atoms with E-state index in [-0.39, 0.29) is 19.3 Å². The zero-order valence-corrected chi connectivity index (χ0v) is 19.6. The maximum absolute atomic E-state index is 13.4. The molecule has 4 aromatic rings. The maximum atomic E-state index is 13.4. The number of imidazole rings is 1. The fraction of sp³-hybridized carbons (Fsp3) is 0.269. The van der Waals surface area contributed by atoms with E-state index in [1.165, 1.54) is 35.5 Å². The number of aromatic nitrogens is 3. The van der Waals surface area contributed by atoms with Crippen LogP contribution in [0, 0.1) is 11.7 Å². The Balaban J connectivity index is 0.00000228. The van der Waals surface area contributed by atoms with Gasteiger partial charge in [-0.05, 0) is 73.5 Å². The summed E-state index contributed by atoms with van der Waals surface area (Å²) in [6.07, 6.45) is 7.28. The van der Waals surface area contributed by atoms with E-state index in [0.717, 1.165) is 48.8 Å². The number of halogens is 1. The predicted molar refractivity (Wildman–Crippen MR) is 136 cm³/mol. The van der Waals surface area contributed by atoms with Crippen molar-refractivity contribution in [2.24, 2.45) is 5.92 Å². The first kappa shape index (κ1) is 21.8. The van der Waals surface area contributed by atoms with Gasteiger partial charge in [0, 0.05) is 49.5 Å². The molecule has 0 radical (unpaired) electrons. The molecule has 1 N–H and O–H groups in total. The van der Waals surface area contributed by atoms with Crippen LogP contribution in [-0.2, 0) is 6.54 Å². The SMILES string of the molecule is CNC[C@@H]1CCN(c2ccc3c(c2)Cn2cc(-c4ccc(F)cc4)cc2-c2nccn2-3)C1.S. The highest BCUT2D eigenvalue weighted by Crippen LogP contribution is 2.36. The van der Waals surface area contributed by atoms with Gasteiger partial charge in [0.05, 0.1) is 11.4 Å². The van der Waals surface area contributed by atoms with Gasteiger partial charge in [0.1, 0.15) is 5.82 Å². The molecule has 7 heteroatoms. The molecule has 1 saturated heterocycles. The van der Waals surface area contributed by atoms with Gasteiger partial charge in [-0.3, -0.25) is 4.57 Å². The van der Waals surface area contributed by atoms with Crippen molar-refractivity contribution < 1.29 is 4.39 Å². The van der Waals surface area contributed by atoms with Crippen molar-refractivity contribution in [2.75, 3.05) is 31.6 Å². The van der Waals surface area contributed by atoms with E-state index >= 15 is 0 Å². The Morgan fingerprint density at radius 2 is 1.94 bits per heavy atom. The minimum absolute atomic E-state index is 0. The maximum Gasteiger partial charge on any atom is 0.161 e. The van der Waals surface area contributed by atoms with Gasteiger partial charge < -0.3 is 14.8 Å². The molecule has 2 aromatic carbocycles. The van der Waals surface area contributed by atoms with Gasteiger partial charge in [-0.15, -0.1) is 0 Å². The Morgan fingerprint density at radius 1 is 1.09 bits per heavy atom. The van der Waals surface area contributed by atoms with Crippen LogP contribution in [0.25, 0.3) is 28.3 Å². The quantitative estimate of drug-likeness (QED) is 0.423. The monoisotopic (exact) mass is 461 g/mol. The summed E-state index contributed by atoms with van der Waals surface area (Å²) in [4.78, 5) is 7.18.